The number of aryl methyl sites for hydroxylation is 2. The lowest BCUT2D eigenvalue weighted by molar-refractivity contribution is 0.0950. The first-order valence-corrected chi connectivity index (χ1v) is 7.67. The third kappa shape index (κ3) is 3.37. The predicted octanol–water partition coefficient (Wildman–Crippen LogP) is 3.46. The Morgan fingerprint density at radius 1 is 1.45 bits per heavy atom. The van der Waals surface area contributed by atoms with Crippen molar-refractivity contribution in [1.82, 2.24) is 10.3 Å². The van der Waals surface area contributed by atoms with E-state index in [9.17, 15) is 4.79 Å². The van der Waals surface area contributed by atoms with E-state index in [0.717, 1.165) is 20.1 Å². The van der Waals surface area contributed by atoms with E-state index in [1.54, 1.807) is 36.6 Å². The van der Waals surface area contributed by atoms with E-state index >= 15 is 0 Å². The number of methoxy groups -OCH3 is 1. The number of ether oxygens (including phenoxy) is 1. The van der Waals surface area contributed by atoms with E-state index in [4.69, 9.17) is 4.74 Å². The summed E-state index contributed by atoms with van der Waals surface area (Å²) in [5.74, 6) is 0.518. The number of benzene rings is 1. The number of aromatic nitrogens is 1. The highest BCUT2D eigenvalue weighted by molar-refractivity contribution is 9.10. The van der Waals surface area contributed by atoms with Crippen LogP contribution in [0.4, 0.5) is 0 Å². The summed E-state index contributed by atoms with van der Waals surface area (Å²) < 4.78 is 5.88. The van der Waals surface area contributed by atoms with Gasteiger partial charge in [-0.05, 0) is 48.0 Å². The summed E-state index contributed by atoms with van der Waals surface area (Å²) >= 11 is 4.98. The second-order valence-corrected chi connectivity index (χ2v) is 6.41. The minimum Gasteiger partial charge on any atom is -0.497 e. The molecule has 0 aliphatic heterocycles. The molecule has 106 valence electrons. The maximum atomic E-state index is 12.2. The van der Waals surface area contributed by atoms with Crippen molar-refractivity contribution in [3.63, 3.8) is 0 Å². The Hall–Kier alpha value is -1.40. The summed E-state index contributed by atoms with van der Waals surface area (Å²) in [6, 6.07) is 5.32. The van der Waals surface area contributed by atoms with E-state index in [1.807, 2.05) is 13.8 Å². The Balaban J connectivity index is 2.10. The van der Waals surface area contributed by atoms with Gasteiger partial charge in [-0.3, -0.25) is 4.79 Å². The molecule has 6 heteroatoms. The Labute approximate surface area is 130 Å². The zero-order chi connectivity index (χ0) is 14.7. The van der Waals surface area contributed by atoms with Crippen molar-refractivity contribution in [3.05, 3.63) is 43.8 Å². The average molecular weight is 355 g/mol. The number of hydrogen-bond donors (Lipinski definition) is 1. The highest BCUT2D eigenvalue weighted by Gasteiger charge is 2.12. The minimum atomic E-state index is -0.138. The Kier molecular flexibility index (Phi) is 4.77. The number of halogens is 1. The standard InChI is InChI=1S/C14H15BrN2O2S/c1-8-13(20-9(2)17-8)7-16-14(18)11-6-10(19-3)4-5-12(11)15/h4-6H,7H2,1-3H3,(H,16,18). The molecular formula is C14H15BrN2O2S. The number of carbonyl (C=O) groups excluding carboxylic acids is 1. The predicted molar refractivity (Wildman–Crippen MR) is 83.5 cm³/mol. The second-order valence-electron chi connectivity index (χ2n) is 4.27. The van der Waals surface area contributed by atoms with Crippen molar-refractivity contribution in [1.29, 1.82) is 0 Å². The van der Waals surface area contributed by atoms with Crippen LogP contribution in [0.25, 0.3) is 0 Å². The molecule has 0 atom stereocenters. The van der Waals surface area contributed by atoms with Crippen molar-refractivity contribution in [2.75, 3.05) is 7.11 Å². The number of hydrogen-bond acceptors (Lipinski definition) is 4. The van der Waals surface area contributed by atoms with Gasteiger partial charge in [0.15, 0.2) is 0 Å². The summed E-state index contributed by atoms with van der Waals surface area (Å²) in [4.78, 5) is 17.6. The van der Waals surface area contributed by atoms with Crippen LogP contribution >= 0.6 is 27.3 Å². The van der Waals surface area contributed by atoms with Crippen molar-refractivity contribution in [2.24, 2.45) is 0 Å². The van der Waals surface area contributed by atoms with E-state index < -0.39 is 0 Å². The molecule has 0 aliphatic carbocycles. The largest absolute Gasteiger partial charge is 0.497 e. The third-order valence-corrected chi connectivity index (χ3v) is 4.59. The summed E-state index contributed by atoms with van der Waals surface area (Å²) in [5.41, 5.74) is 1.53. The van der Waals surface area contributed by atoms with Crippen LogP contribution in [-0.2, 0) is 6.54 Å². The number of amides is 1. The van der Waals surface area contributed by atoms with E-state index in [1.165, 1.54) is 0 Å². The molecule has 1 heterocycles. The van der Waals surface area contributed by atoms with Gasteiger partial charge in [0.25, 0.3) is 5.91 Å². The smallest absolute Gasteiger partial charge is 0.252 e. The van der Waals surface area contributed by atoms with E-state index in [0.29, 0.717) is 17.9 Å². The molecule has 2 rings (SSSR count). The van der Waals surface area contributed by atoms with Crippen LogP contribution in [0.5, 0.6) is 5.75 Å². The molecular weight excluding hydrogens is 340 g/mol. The summed E-state index contributed by atoms with van der Waals surface area (Å²) in [6.45, 7) is 4.40. The molecule has 1 aromatic heterocycles. The third-order valence-electron chi connectivity index (χ3n) is 2.83. The van der Waals surface area contributed by atoms with Gasteiger partial charge in [-0.1, -0.05) is 0 Å². The number of nitrogens with zero attached hydrogens (tertiary/aromatic N) is 1. The molecule has 0 bridgehead atoms. The van der Waals surface area contributed by atoms with Crippen LogP contribution in [0.1, 0.15) is 25.9 Å². The molecule has 0 saturated carbocycles. The lowest BCUT2D eigenvalue weighted by atomic mass is 10.2. The number of rotatable bonds is 4. The number of thiazole rings is 1. The fraction of sp³-hybridized carbons (Fsp3) is 0.286. The lowest BCUT2D eigenvalue weighted by Crippen LogP contribution is -2.23. The van der Waals surface area contributed by atoms with Gasteiger partial charge in [-0.25, -0.2) is 4.98 Å². The van der Waals surface area contributed by atoms with Crippen LogP contribution < -0.4 is 10.1 Å². The molecule has 0 radical (unpaired) electrons. The second kappa shape index (κ2) is 6.37. The molecule has 0 spiro atoms. The highest BCUT2D eigenvalue weighted by Crippen LogP contribution is 2.23. The molecule has 0 saturated heterocycles. The van der Waals surface area contributed by atoms with Gasteiger partial charge in [0.1, 0.15) is 5.75 Å². The maximum Gasteiger partial charge on any atom is 0.252 e. The van der Waals surface area contributed by atoms with Crippen molar-refractivity contribution in [3.8, 4) is 5.75 Å². The molecule has 4 nitrogen and oxygen atoms in total. The molecule has 2 aromatic rings. The first-order chi connectivity index (χ1) is 9.51. The van der Waals surface area contributed by atoms with Gasteiger partial charge < -0.3 is 10.1 Å². The Bertz CT molecular complexity index is 640. The normalized spacial score (nSPS) is 10.4. The van der Waals surface area contributed by atoms with Gasteiger partial charge in [0.05, 0.1) is 29.9 Å². The summed E-state index contributed by atoms with van der Waals surface area (Å²) in [7, 11) is 1.58. The average Bonchev–Trinajstić information content (AvgIpc) is 2.75. The van der Waals surface area contributed by atoms with Crippen LogP contribution in [0.3, 0.4) is 0 Å². The maximum absolute atomic E-state index is 12.2. The SMILES string of the molecule is COc1ccc(Br)c(C(=O)NCc2sc(C)nc2C)c1. The molecule has 0 aliphatic rings. The zero-order valence-electron chi connectivity index (χ0n) is 11.5. The van der Waals surface area contributed by atoms with Crippen LogP contribution in [0.2, 0.25) is 0 Å². The van der Waals surface area contributed by atoms with Crippen LogP contribution in [-0.4, -0.2) is 18.0 Å². The number of carbonyl (C=O) groups is 1. The zero-order valence-corrected chi connectivity index (χ0v) is 13.9. The topological polar surface area (TPSA) is 51.2 Å². The Morgan fingerprint density at radius 2 is 2.20 bits per heavy atom. The molecule has 0 fully saturated rings. The lowest BCUT2D eigenvalue weighted by Gasteiger charge is -2.08. The quantitative estimate of drug-likeness (QED) is 0.914. The van der Waals surface area contributed by atoms with Gasteiger partial charge >= 0.3 is 0 Å². The monoisotopic (exact) mass is 354 g/mol. The van der Waals surface area contributed by atoms with Gasteiger partial charge in [-0.2, -0.15) is 0 Å². The first-order valence-electron chi connectivity index (χ1n) is 6.06. The molecule has 1 N–H and O–H groups in total. The van der Waals surface area contributed by atoms with Crippen LogP contribution in [0, 0.1) is 13.8 Å². The fourth-order valence-electron chi connectivity index (χ4n) is 1.80. The van der Waals surface area contributed by atoms with E-state index in [-0.39, 0.29) is 5.91 Å². The molecule has 20 heavy (non-hydrogen) atoms. The highest BCUT2D eigenvalue weighted by atomic mass is 79.9. The van der Waals surface area contributed by atoms with Crippen molar-refractivity contribution >= 4 is 33.2 Å². The summed E-state index contributed by atoms with van der Waals surface area (Å²) in [6.07, 6.45) is 0. The first kappa shape index (κ1) is 15.0. The van der Waals surface area contributed by atoms with Crippen molar-refractivity contribution in [2.45, 2.75) is 20.4 Å². The fourth-order valence-corrected chi connectivity index (χ4v) is 3.10. The molecule has 1 amide bonds. The van der Waals surface area contributed by atoms with Crippen molar-refractivity contribution < 1.29 is 9.53 Å². The van der Waals surface area contributed by atoms with Gasteiger partial charge in [0, 0.05) is 9.35 Å². The van der Waals surface area contributed by atoms with Crippen LogP contribution in [0.15, 0.2) is 22.7 Å². The Morgan fingerprint density at radius 3 is 2.80 bits per heavy atom. The van der Waals surface area contributed by atoms with Gasteiger partial charge in [-0.15, -0.1) is 11.3 Å². The molecule has 1 aromatic carbocycles. The molecule has 0 unspecified atom stereocenters. The number of nitrogens with one attached hydrogen (secondary N) is 1. The van der Waals surface area contributed by atoms with E-state index in [2.05, 4.69) is 26.2 Å². The minimum absolute atomic E-state index is 0.138. The summed E-state index contributed by atoms with van der Waals surface area (Å²) in [5, 5.41) is 3.92. The van der Waals surface area contributed by atoms with Gasteiger partial charge in [0.2, 0.25) is 0 Å².